The monoisotopic (exact) mass is 250 g/mol. The first-order chi connectivity index (χ1) is 8.63. The van der Waals surface area contributed by atoms with Gasteiger partial charge >= 0.3 is 0 Å². The summed E-state index contributed by atoms with van der Waals surface area (Å²) >= 11 is 0. The molecule has 0 heterocycles. The Balaban J connectivity index is 2.26. The maximum Gasteiger partial charge on any atom is 0.220 e. The SMILES string of the molecule is CC(CO)CNC(=O)CCC(N)c1ccccc1. The second kappa shape index (κ2) is 7.84. The van der Waals surface area contributed by atoms with Crippen LogP contribution >= 0.6 is 0 Å². The van der Waals surface area contributed by atoms with Gasteiger partial charge in [-0.15, -0.1) is 0 Å². The molecule has 0 radical (unpaired) electrons. The van der Waals surface area contributed by atoms with Gasteiger partial charge < -0.3 is 16.2 Å². The number of hydrogen-bond donors (Lipinski definition) is 3. The average Bonchev–Trinajstić information content (AvgIpc) is 2.42. The Hall–Kier alpha value is -1.39. The molecule has 4 N–H and O–H groups in total. The van der Waals surface area contributed by atoms with Gasteiger partial charge in [0.15, 0.2) is 0 Å². The second-order valence-corrected chi connectivity index (χ2v) is 4.65. The molecule has 1 aromatic carbocycles. The van der Waals surface area contributed by atoms with E-state index in [-0.39, 0.29) is 24.5 Å². The zero-order valence-electron chi connectivity index (χ0n) is 10.8. The van der Waals surface area contributed by atoms with E-state index in [9.17, 15) is 4.79 Å². The van der Waals surface area contributed by atoms with E-state index in [2.05, 4.69) is 5.32 Å². The van der Waals surface area contributed by atoms with Crippen molar-refractivity contribution in [1.82, 2.24) is 5.32 Å². The molecule has 4 heteroatoms. The smallest absolute Gasteiger partial charge is 0.220 e. The number of hydrogen-bond acceptors (Lipinski definition) is 3. The van der Waals surface area contributed by atoms with Gasteiger partial charge in [-0.3, -0.25) is 4.79 Å². The highest BCUT2D eigenvalue weighted by Crippen LogP contribution is 2.14. The van der Waals surface area contributed by atoms with E-state index in [4.69, 9.17) is 10.8 Å². The van der Waals surface area contributed by atoms with Crippen molar-refractivity contribution in [2.75, 3.05) is 13.2 Å². The number of nitrogens with one attached hydrogen (secondary N) is 1. The van der Waals surface area contributed by atoms with Crippen molar-refractivity contribution < 1.29 is 9.90 Å². The standard InChI is InChI=1S/C14H22N2O2/c1-11(10-17)9-16-14(18)8-7-13(15)12-5-3-2-4-6-12/h2-6,11,13,17H,7-10,15H2,1H3,(H,16,18). The third-order valence-electron chi connectivity index (χ3n) is 2.87. The van der Waals surface area contributed by atoms with Crippen molar-refractivity contribution in [2.24, 2.45) is 11.7 Å². The Bertz CT molecular complexity index is 354. The van der Waals surface area contributed by atoms with Crippen LogP contribution in [0.2, 0.25) is 0 Å². The van der Waals surface area contributed by atoms with E-state index in [1.807, 2.05) is 37.3 Å². The molecule has 100 valence electrons. The zero-order valence-corrected chi connectivity index (χ0v) is 10.8. The number of carbonyl (C=O) groups excluding carboxylic acids is 1. The molecule has 0 aliphatic rings. The van der Waals surface area contributed by atoms with Gasteiger partial charge in [-0.2, -0.15) is 0 Å². The average molecular weight is 250 g/mol. The quantitative estimate of drug-likeness (QED) is 0.681. The van der Waals surface area contributed by atoms with Crippen molar-refractivity contribution in [1.29, 1.82) is 0 Å². The van der Waals surface area contributed by atoms with Gasteiger partial charge in [-0.1, -0.05) is 37.3 Å². The lowest BCUT2D eigenvalue weighted by Crippen LogP contribution is -2.30. The summed E-state index contributed by atoms with van der Waals surface area (Å²) in [5, 5.41) is 11.6. The van der Waals surface area contributed by atoms with Crippen LogP contribution in [0.15, 0.2) is 30.3 Å². The molecule has 0 saturated heterocycles. The molecule has 0 saturated carbocycles. The summed E-state index contributed by atoms with van der Waals surface area (Å²) in [6, 6.07) is 9.66. The zero-order chi connectivity index (χ0) is 13.4. The number of carbonyl (C=O) groups is 1. The third kappa shape index (κ3) is 5.29. The molecule has 0 spiro atoms. The minimum absolute atomic E-state index is 0.0123. The molecule has 0 fully saturated rings. The fourth-order valence-electron chi connectivity index (χ4n) is 1.59. The molecule has 1 amide bonds. The summed E-state index contributed by atoms with van der Waals surface area (Å²) in [7, 11) is 0. The molecule has 2 atom stereocenters. The molecule has 2 unspecified atom stereocenters. The van der Waals surface area contributed by atoms with E-state index < -0.39 is 0 Å². The van der Waals surface area contributed by atoms with Crippen molar-refractivity contribution in [2.45, 2.75) is 25.8 Å². The van der Waals surface area contributed by atoms with Crippen LogP contribution < -0.4 is 11.1 Å². The maximum absolute atomic E-state index is 11.6. The van der Waals surface area contributed by atoms with Crippen LogP contribution in [0.5, 0.6) is 0 Å². The molecule has 1 rings (SSSR count). The van der Waals surface area contributed by atoms with E-state index in [1.54, 1.807) is 0 Å². The van der Waals surface area contributed by atoms with Crippen molar-refractivity contribution >= 4 is 5.91 Å². The second-order valence-electron chi connectivity index (χ2n) is 4.65. The molecular weight excluding hydrogens is 228 g/mol. The fourth-order valence-corrected chi connectivity index (χ4v) is 1.59. The Morgan fingerprint density at radius 1 is 1.39 bits per heavy atom. The number of benzene rings is 1. The van der Waals surface area contributed by atoms with Crippen LogP contribution in [0.25, 0.3) is 0 Å². The summed E-state index contributed by atoms with van der Waals surface area (Å²) in [4.78, 5) is 11.6. The summed E-state index contributed by atoms with van der Waals surface area (Å²) in [5.74, 6) is 0.0819. The van der Waals surface area contributed by atoms with Crippen molar-refractivity contribution in [3.05, 3.63) is 35.9 Å². The molecule has 0 bridgehead atoms. The predicted octanol–water partition coefficient (Wildman–Crippen LogP) is 1.21. The number of rotatable bonds is 7. The van der Waals surface area contributed by atoms with Gasteiger partial charge in [0, 0.05) is 25.6 Å². The Labute approximate surface area is 108 Å². The van der Waals surface area contributed by atoms with Gasteiger partial charge in [0.2, 0.25) is 5.91 Å². The molecule has 4 nitrogen and oxygen atoms in total. The summed E-state index contributed by atoms with van der Waals surface area (Å²) < 4.78 is 0. The molecule has 1 aromatic rings. The normalized spacial score (nSPS) is 13.9. The van der Waals surface area contributed by atoms with Gasteiger partial charge in [-0.25, -0.2) is 0 Å². The van der Waals surface area contributed by atoms with Crippen LogP contribution in [0.1, 0.15) is 31.4 Å². The first kappa shape index (κ1) is 14.7. The summed E-state index contributed by atoms with van der Waals surface area (Å²) in [5.41, 5.74) is 7.06. The Morgan fingerprint density at radius 2 is 2.06 bits per heavy atom. The van der Waals surface area contributed by atoms with Crippen LogP contribution in [0.4, 0.5) is 0 Å². The minimum Gasteiger partial charge on any atom is -0.396 e. The highest BCUT2D eigenvalue weighted by Gasteiger charge is 2.09. The highest BCUT2D eigenvalue weighted by atomic mass is 16.3. The van der Waals surface area contributed by atoms with Gasteiger partial charge in [0.05, 0.1) is 0 Å². The molecule has 0 aromatic heterocycles. The lowest BCUT2D eigenvalue weighted by Gasteiger charge is -2.13. The molecule has 0 aliphatic heterocycles. The topological polar surface area (TPSA) is 75.3 Å². The van der Waals surface area contributed by atoms with Gasteiger partial charge in [0.1, 0.15) is 0 Å². The van der Waals surface area contributed by atoms with E-state index in [0.29, 0.717) is 19.4 Å². The lowest BCUT2D eigenvalue weighted by molar-refractivity contribution is -0.121. The van der Waals surface area contributed by atoms with Crippen molar-refractivity contribution in [3.8, 4) is 0 Å². The summed E-state index contributed by atoms with van der Waals surface area (Å²) in [6.45, 7) is 2.48. The number of aliphatic hydroxyl groups excluding tert-OH is 1. The number of nitrogens with two attached hydrogens (primary N) is 1. The third-order valence-corrected chi connectivity index (χ3v) is 2.87. The molecular formula is C14H22N2O2. The number of aliphatic hydroxyl groups is 1. The summed E-state index contributed by atoms with van der Waals surface area (Å²) in [6.07, 6.45) is 1.04. The predicted molar refractivity (Wildman–Crippen MR) is 71.9 cm³/mol. The fraction of sp³-hybridized carbons (Fsp3) is 0.500. The van der Waals surface area contributed by atoms with Gasteiger partial charge in [0.25, 0.3) is 0 Å². The minimum atomic E-state index is -0.104. The van der Waals surface area contributed by atoms with Crippen LogP contribution in [0, 0.1) is 5.92 Å². The first-order valence-corrected chi connectivity index (χ1v) is 6.31. The molecule has 0 aliphatic carbocycles. The van der Waals surface area contributed by atoms with Crippen LogP contribution in [-0.4, -0.2) is 24.2 Å². The van der Waals surface area contributed by atoms with Crippen LogP contribution in [0.3, 0.4) is 0 Å². The lowest BCUT2D eigenvalue weighted by atomic mass is 10.0. The van der Waals surface area contributed by atoms with E-state index in [1.165, 1.54) is 0 Å². The number of amides is 1. The van der Waals surface area contributed by atoms with Gasteiger partial charge in [-0.05, 0) is 17.9 Å². The Kier molecular flexibility index (Phi) is 6.39. The highest BCUT2D eigenvalue weighted by molar-refractivity contribution is 5.75. The van der Waals surface area contributed by atoms with Crippen LogP contribution in [-0.2, 0) is 4.79 Å². The maximum atomic E-state index is 11.6. The molecule has 18 heavy (non-hydrogen) atoms. The largest absolute Gasteiger partial charge is 0.396 e. The van der Waals surface area contributed by atoms with E-state index in [0.717, 1.165) is 5.56 Å². The van der Waals surface area contributed by atoms with Crippen molar-refractivity contribution in [3.63, 3.8) is 0 Å². The van der Waals surface area contributed by atoms with E-state index >= 15 is 0 Å². The first-order valence-electron chi connectivity index (χ1n) is 6.31. The Morgan fingerprint density at radius 3 is 2.67 bits per heavy atom.